The molecule has 0 bridgehead atoms. The van der Waals surface area contributed by atoms with Crippen molar-refractivity contribution in [2.75, 3.05) is 25.1 Å². The summed E-state index contributed by atoms with van der Waals surface area (Å²) in [5, 5.41) is 0. The summed E-state index contributed by atoms with van der Waals surface area (Å²) in [4.78, 5) is 27.3. The maximum Gasteiger partial charge on any atom is 0.348 e. The molecule has 0 aromatic heterocycles. The summed E-state index contributed by atoms with van der Waals surface area (Å²) in [6, 6.07) is 20.8. The number of ether oxygens (including phenoxy) is 2. The second-order valence-electron chi connectivity index (χ2n) is 8.67. The van der Waals surface area contributed by atoms with E-state index in [1.807, 2.05) is 38.1 Å². The SMILES string of the molecule is COC(=O)[C@H]1CN(C(=O)CN(Cc2ccc(C)cc2)S(=O)(=O)c2ccc(C)cc2)c2ccccc2O1. The monoisotopic (exact) mass is 508 g/mol. The summed E-state index contributed by atoms with van der Waals surface area (Å²) < 4.78 is 39.0. The highest BCUT2D eigenvalue weighted by atomic mass is 32.2. The van der Waals surface area contributed by atoms with E-state index in [1.54, 1.807) is 36.4 Å². The van der Waals surface area contributed by atoms with E-state index >= 15 is 0 Å². The first-order chi connectivity index (χ1) is 17.2. The van der Waals surface area contributed by atoms with Crippen molar-refractivity contribution in [1.82, 2.24) is 4.31 Å². The van der Waals surface area contributed by atoms with Gasteiger partial charge >= 0.3 is 5.97 Å². The second kappa shape index (κ2) is 10.5. The van der Waals surface area contributed by atoms with Crippen LogP contribution in [-0.2, 0) is 30.9 Å². The van der Waals surface area contributed by atoms with Gasteiger partial charge in [0.05, 0.1) is 30.8 Å². The summed E-state index contributed by atoms with van der Waals surface area (Å²) in [6.45, 7) is 3.31. The molecule has 188 valence electrons. The zero-order valence-corrected chi connectivity index (χ0v) is 21.2. The number of rotatable bonds is 7. The molecule has 0 aliphatic carbocycles. The van der Waals surface area contributed by atoms with Crippen LogP contribution in [0.3, 0.4) is 0 Å². The summed E-state index contributed by atoms with van der Waals surface area (Å²) in [7, 11) is -2.76. The lowest BCUT2D eigenvalue weighted by Gasteiger charge is -2.34. The Morgan fingerprint density at radius 3 is 2.22 bits per heavy atom. The number of hydrogen-bond donors (Lipinski definition) is 0. The molecule has 0 saturated heterocycles. The topological polar surface area (TPSA) is 93.2 Å². The number of fused-ring (bicyclic) bond motifs is 1. The Morgan fingerprint density at radius 2 is 1.58 bits per heavy atom. The molecule has 3 aromatic rings. The Bertz CT molecular complexity index is 1350. The number of sulfonamides is 1. The van der Waals surface area contributed by atoms with E-state index in [0.717, 1.165) is 21.0 Å². The van der Waals surface area contributed by atoms with Crippen LogP contribution in [0.2, 0.25) is 0 Å². The maximum atomic E-state index is 13.7. The molecule has 0 radical (unpaired) electrons. The first kappa shape index (κ1) is 25.4. The van der Waals surface area contributed by atoms with Crippen LogP contribution in [0.25, 0.3) is 0 Å². The molecule has 1 amide bonds. The van der Waals surface area contributed by atoms with Crippen molar-refractivity contribution in [3.63, 3.8) is 0 Å². The van der Waals surface area contributed by atoms with Gasteiger partial charge in [-0.2, -0.15) is 4.31 Å². The fourth-order valence-electron chi connectivity index (χ4n) is 3.94. The van der Waals surface area contributed by atoms with Crippen LogP contribution >= 0.6 is 0 Å². The van der Waals surface area contributed by atoms with Gasteiger partial charge in [0.2, 0.25) is 22.0 Å². The number of benzene rings is 3. The van der Waals surface area contributed by atoms with Gasteiger partial charge in [0.1, 0.15) is 5.75 Å². The first-order valence-electron chi connectivity index (χ1n) is 11.5. The Kier molecular flexibility index (Phi) is 7.42. The molecular weight excluding hydrogens is 480 g/mol. The van der Waals surface area contributed by atoms with Crippen LogP contribution in [0.5, 0.6) is 5.75 Å². The van der Waals surface area contributed by atoms with Gasteiger partial charge in [0.15, 0.2) is 0 Å². The Morgan fingerprint density at radius 1 is 0.972 bits per heavy atom. The van der Waals surface area contributed by atoms with Gasteiger partial charge in [-0.1, -0.05) is 59.7 Å². The molecule has 1 heterocycles. The van der Waals surface area contributed by atoms with Crippen molar-refractivity contribution in [2.45, 2.75) is 31.4 Å². The number of hydrogen-bond acceptors (Lipinski definition) is 6. The number of para-hydroxylation sites is 2. The van der Waals surface area contributed by atoms with Gasteiger partial charge < -0.3 is 14.4 Å². The summed E-state index contributed by atoms with van der Waals surface area (Å²) in [6.07, 6.45) is -1.02. The van der Waals surface area contributed by atoms with Gasteiger partial charge in [0.25, 0.3) is 0 Å². The highest BCUT2D eigenvalue weighted by molar-refractivity contribution is 7.89. The Hall–Kier alpha value is -3.69. The van der Waals surface area contributed by atoms with E-state index in [1.165, 1.54) is 24.1 Å². The molecule has 4 rings (SSSR count). The Labute approximate surface area is 211 Å². The van der Waals surface area contributed by atoms with E-state index in [0.29, 0.717) is 11.4 Å². The summed E-state index contributed by atoms with van der Waals surface area (Å²) in [5.74, 6) is -0.757. The van der Waals surface area contributed by atoms with E-state index in [9.17, 15) is 18.0 Å². The average Bonchev–Trinajstić information content (AvgIpc) is 2.88. The second-order valence-corrected chi connectivity index (χ2v) is 10.6. The molecule has 8 nitrogen and oxygen atoms in total. The fourth-order valence-corrected chi connectivity index (χ4v) is 5.32. The van der Waals surface area contributed by atoms with Gasteiger partial charge in [-0.3, -0.25) is 4.79 Å². The molecule has 0 unspecified atom stereocenters. The molecule has 0 fully saturated rings. The first-order valence-corrected chi connectivity index (χ1v) is 12.9. The highest BCUT2D eigenvalue weighted by Gasteiger charge is 2.36. The quantitative estimate of drug-likeness (QED) is 0.454. The van der Waals surface area contributed by atoms with Crippen molar-refractivity contribution in [3.8, 4) is 5.75 Å². The molecule has 0 spiro atoms. The molecule has 0 saturated carbocycles. The number of methoxy groups -OCH3 is 1. The van der Waals surface area contributed by atoms with Crippen LogP contribution in [0, 0.1) is 13.8 Å². The summed E-state index contributed by atoms with van der Waals surface area (Å²) >= 11 is 0. The zero-order chi connectivity index (χ0) is 25.9. The lowest BCUT2D eigenvalue weighted by atomic mass is 10.1. The van der Waals surface area contributed by atoms with Crippen molar-refractivity contribution >= 4 is 27.6 Å². The fraction of sp³-hybridized carbons (Fsp3) is 0.259. The zero-order valence-electron chi connectivity index (χ0n) is 20.4. The standard InChI is InChI=1S/C27H28N2O6S/c1-19-8-12-21(13-9-19)16-28(36(32,33)22-14-10-20(2)11-15-22)18-26(30)29-17-25(27(31)34-3)35-24-7-5-4-6-23(24)29/h4-15,25H,16-18H2,1-3H3/t25-/m1/s1. The largest absolute Gasteiger partial charge is 0.475 e. The van der Waals surface area contributed by atoms with E-state index in [4.69, 9.17) is 9.47 Å². The lowest BCUT2D eigenvalue weighted by molar-refractivity contribution is -0.148. The van der Waals surface area contributed by atoms with Gasteiger partial charge in [-0.15, -0.1) is 0 Å². The van der Waals surface area contributed by atoms with E-state index < -0.39 is 34.5 Å². The lowest BCUT2D eigenvalue weighted by Crippen LogP contribution is -2.50. The normalized spacial score (nSPS) is 15.2. The maximum absolute atomic E-state index is 13.7. The molecule has 0 N–H and O–H groups in total. The molecular formula is C27H28N2O6S. The average molecular weight is 509 g/mol. The van der Waals surface area contributed by atoms with Crippen molar-refractivity contribution in [1.29, 1.82) is 0 Å². The minimum absolute atomic E-state index is 0.00858. The van der Waals surface area contributed by atoms with Crippen LogP contribution in [-0.4, -0.2) is 50.9 Å². The Balaban J connectivity index is 1.68. The number of aryl methyl sites for hydroxylation is 2. The number of amides is 1. The van der Waals surface area contributed by atoms with Gasteiger partial charge in [-0.05, 0) is 43.7 Å². The minimum Gasteiger partial charge on any atom is -0.475 e. The molecule has 1 atom stereocenters. The van der Waals surface area contributed by atoms with Gasteiger partial charge in [-0.25, -0.2) is 13.2 Å². The molecule has 1 aliphatic heterocycles. The van der Waals surface area contributed by atoms with Gasteiger partial charge in [0, 0.05) is 6.54 Å². The number of anilines is 1. The minimum atomic E-state index is -4.01. The summed E-state index contributed by atoms with van der Waals surface area (Å²) in [5.41, 5.74) is 3.18. The molecule has 3 aromatic carbocycles. The number of carbonyl (C=O) groups excluding carboxylic acids is 2. The van der Waals surface area contributed by atoms with E-state index in [-0.39, 0.29) is 18.0 Å². The van der Waals surface area contributed by atoms with Crippen LogP contribution in [0.1, 0.15) is 16.7 Å². The van der Waals surface area contributed by atoms with Crippen molar-refractivity contribution in [2.24, 2.45) is 0 Å². The molecule has 36 heavy (non-hydrogen) atoms. The molecule has 9 heteroatoms. The smallest absolute Gasteiger partial charge is 0.348 e. The number of nitrogens with zero attached hydrogens (tertiary/aromatic N) is 2. The predicted molar refractivity (Wildman–Crippen MR) is 135 cm³/mol. The van der Waals surface area contributed by atoms with Crippen molar-refractivity contribution < 1.29 is 27.5 Å². The predicted octanol–water partition coefficient (Wildman–Crippen LogP) is 3.46. The third kappa shape index (κ3) is 5.42. The molecule has 1 aliphatic rings. The van der Waals surface area contributed by atoms with Crippen LogP contribution in [0.15, 0.2) is 77.7 Å². The van der Waals surface area contributed by atoms with E-state index in [2.05, 4.69) is 0 Å². The van der Waals surface area contributed by atoms with Crippen molar-refractivity contribution in [3.05, 3.63) is 89.5 Å². The van der Waals surface area contributed by atoms with Crippen LogP contribution in [0.4, 0.5) is 5.69 Å². The number of carbonyl (C=O) groups is 2. The van der Waals surface area contributed by atoms with Crippen LogP contribution < -0.4 is 9.64 Å². The third-order valence-electron chi connectivity index (χ3n) is 5.99. The third-order valence-corrected chi connectivity index (χ3v) is 7.79. The highest BCUT2D eigenvalue weighted by Crippen LogP contribution is 2.34. The number of esters is 1.